The van der Waals surface area contributed by atoms with E-state index in [-0.39, 0.29) is 11.9 Å². The molecule has 1 N–H and O–H groups in total. The lowest BCUT2D eigenvalue weighted by molar-refractivity contribution is -0.148. The molecule has 1 aromatic carbocycles. The van der Waals surface area contributed by atoms with Gasteiger partial charge in [0.25, 0.3) is 0 Å². The van der Waals surface area contributed by atoms with Gasteiger partial charge in [-0.2, -0.15) is 0 Å². The third-order valence-corrected chi connectivity index (χ3v) is 5.48. The van der Waals surface area contributed by atoms with Gasteiger partial charge < -0.3 is 19.5 Å². The van der Waals surface area contributed by atoms with Gasteiger partial charge in [-0.25, -0.2) is 0 Å². The van der Waals surface area contributed by atoms with Crippen LogP contribution in [0.4, 0.5) is 0 Å². The second-order valence-electron chi connectivity index (χ2n) is 6.65. The number of likely N-dealkylation sites (tertiary alicyclic amines) is 1. The third-order valence-electron chi connectivity index (χ3n) is 5.48. The Balaban J connectivity index is 1.63. The first kappa shape index (κ1) is 15.2. The summed E-state index contributed by atoms with van der Waals surface area (Å²) in [4.78, 5) is 26.3. The van der Waals surface area contributed by atoms with Crippen molar-refractivity contribution in [1.82, 2.24) is 4.90 Å². The lowest BCUT2D eigenvalue weighted by atomic mass is 9.77. The first-order chi connectivity index (χ1) is 11.5. The van der Waals surface area contributed by atoms with Crippen LogP contribution >= 0.6 is 0 Å². The number of carbonyl (C=O) groups excluding carboxylic acids is 1. The predicted octanol–water partition coefficient (Wildman–Crippen LogP) is 1.62. The zero-order chi connectivity index (χ0) is 17.1. The highest BCUT2D eigenvalue weighted by Gasteiger charge is 2.67. The van der Waals surface area contributed by atoms with Crippen molar-refractivity contribution in [2.45, 2.75) is 24.7 Å². The summed E-state index contributed by atoms with van der Waals surface area (Å²) >= 11 is 0. The molecule has 0 aliphatic carbocycles. The van der Waals surface area contributed by atoms with Crippen LogP contribution in [0.25, 0.3) is 0 Å². The molecule has 3 aliphatic rings. The van der Waals surface area contributed by atoms with Crippen LogP contribution in [0, 0.1) is 11.8 Å². The number of rotatable bonds is 4. The topological polar surface area (TPSA) is 76.1 Å². The van der Waals surface area contributed by atoms with E-state index in [4.69, 9.17) is 9.47 Å². The maximum Gasteiger partial charge on any atom is 0.310 e. The molecule has 5 atom stereocenters. The minimum absolute atomic E-state index is 0.141. The van der Waals surface area contributed by atoms with Gasteiger partial charge in [-0.3, -0.25) is 9.59 Å². The van der Waals surface area contributed by atoms with E-state index in [1.165, 1.54) is 0 Å². The summed E-state index contributed by atoms with van der Waals surface area (Å²) in [7, 11) is 1.61. The molecular formula is C18H19NO5. The fourth-order valence-electron chi connectivity index (χ4n) is 4.20. The first-order valence-corrected chi connectivity index (χ1v) is 8.01. The molecule has 24 heavy (non-hydrogen) atoms. The Labute approximate surface area is 139 Å². The van der Waals surface area contributed by atoms with Gasteiger partial charge in [0.15, 0.2) is 0 Å². The van der Waals surface area contributed by atoms with Gasteiger partial charge in [-0.1, -0.05) is 24.3 Å². The number of hydrogen-bond donors (Lipinski definition) is 1. The fraction of sp³-hybridized carbons (Fsp3) is 0.444. The SMILES string of the molecule is COc1ccc([C@@H](C)N2C[C@]34C=C[C@H](O3)[C@@H](C(=O)O)[C@@H]4C2=O)cc1. The number of nitrogens with zero attached hydrogens (tertiary/aromatic N) is 1. The van der Waals surface area contributed by atoms with Gasteiger partial charge in [0.2, 0.25) is 5.91 Å². The second-order valence-corrected chi connectivity index (χ2v) is 6.65. The Morgan fingerprint density at radius 3 is 2.75 bits per heavy atom. The molecule has 0 unspecified atom stereocenters. The Morgan fingerprint density at radius 2 is 2.12 bits per heavy atom. The lowest BCUT2D eigenvalue weighted by Gasteiger charge is -2.27. The number of ether oxygens (including phenoxy) is 2. The van der Waals surface area contributed by atoms with Crippen molar-refractivity contribution in [1.29, 1.82) is 0 Å². The molecule has 1 aromatic rings. The third kappa shape index (κ3) is 1.92. The summed E-state index contributed by atoms with van der Waals surface area (Å²) in [6.07, 6.45) is 3.17. The number of fused-ring (bicyclic) bond motifs is 1. The van der Waals surface area contributed by atoms with Gasteiger partial charge in [0.1, 0.15) is 17.3 Å². The summed E-state index contributed by atoms with van der Waals surface area (Å²) in [6.45, 7) is 2.34. The summed E-state index contributed by atoms with van der Waals surface area (Å²) in [5.74, 6) is -1.78. The van der Waals surface area contributed by atoms with E-state index in [1.54, 1.807) is 18.1 Å². The van der Waals surface area contributed by atoms with Crippen LogP contribution in [0.5, 0.6) is 5.75 Å². The van der Waals surface area contributed by atoms with Gasteiger partial charge in [-0.15, -0.1) is 0 Å². The minimum atomic E-state index is -0.969. The Morgan fingerprint density at radius 1 is 1.42 bits per heavy atom. The van der Waals surface area contributed by atoms with Crippen LogP contribution in [0.1, 0.15) is 18.5 Å². The number of hydrogen-bond acceptors (Lipinski definition) is 4. The summed E-state index contributed by atoms with van der Waals surface area (Å²) < 4.78 is 11.1. The molecule has 2 saturated heterocycles. The van der Waals surface area contributed by atoms with Crippen LogP contribution in [0.2, 0.25) is 0 Å². The van der Waals surface area contributed by atoms with Crippen LogP contribution in [-0.4, -0.2) is 47.2 Å². The molecule has 126 valence electrons. The second kappa shape index (κ2) is 5.08. The lowest BCUT2D eigenvalue weighted by Crippen LogP contribution is -2.39. The van der Waals surface area contributed by atoms with Crippen molar-refractivity contribution >= 4 is 11.9 Å². The Hall–Kier alpha value is -2.34. The smallest absolute Gasteiger partial charge is 0.310 e. The average molecular weight is 329 g/mol. The maximum atomic E-state index is 12.9. The number of carboxylic acids is 1. The molecule has 0 aromatic heterocycles. The molecule has 0 saturated carbocycles. The summed E-state index contributed by atoms with van der Waals surface area (Å²) in [5.41, 5.74) is 0.192. The van der Waals surface area contributed by atoms with Crippen molar-refractivity contribution in [3.05, 3.63) is 42.0 Å². The molecule has 6 nitrogen and oxygen atoms in total. The van der Waals surface area contributed by atoms with E-state index >= 15 is 0 Å². The highest BCUT2D eigenvalue weighted by atomic mass is 16.5. The number of benzene rings is 1. The molecule has 2 fully saturated rings. The number of methoxy groups -OCH3 is 1. The number of amides is 1. The van der Waals surface area contributed by atoms with Crippen molar-refractivity contribution in [3.8, 4) is 5.75 Å². The monoisotopic (exact) mass is 329 g/mol. The van der Waals surface area contributed by atoms with E-state index < -0.39 is 29.5 Å². The van der Waals surface area contributed by atoms with E-state index in [9.17, 15) is 14.7 Å². The molecular weight excluding hydrogens is 310 g/mol. The largest absolute Gasteiger partial charge is 0.497 e. The average Bonchev–Trinajstić information content (AvgIpc) is 3.22. The van der Waals surface area contributed by atoms with Crippen molar-refractivity contribution in [3.63, 3.8) is 0 Å². The molecule has 1 spiro atoms. The van der Waals surface area contributed by atoms with Crippen LogP contribution in [0.15, 0.2) is 36.4 Å². The zero-order valence-electron chi connectivity index (χ0n) is 13.5. The highest BCUT2D eigenvalue weighted by Crippen LogP contribution is 2.53. The van der Waals surface area contributed by atoms with E-state index in [0.29, 0.717) is 6.54 Å². The van der Waals surface area contributed by atoms with Gasteiger partial charge in [0.05, 0.1) is 31.7 Å². The van der Waals surface area contributed by atoms with Crippen LogP contribution in [-0.2, 0) is 14.3 Å². The number of carbonyl (C=O) groups is 2. The highest BCUT2D eigenvalue weighted by molar-refractivity contribution is 5.91. The normalized spacial score (nSPS) is 34.5. The van der Waals surface area contributed by atoms with Crippen LogP contribution < -0.4 is 4.74 Å². The Bertz CT molecular complexity index is 727. The molecule has 2 bridgehead atoms. The van der Waals surface area contributed by atoms with E-state index in [1.807, 2.05) is 37.3 Å². The fourth-order valence-corrected chi connectivity index (χ4v) is 4.20. The van der Waals surface area contributed by atoms with Gasteiger partial charge in [-0.05, 0) is 24.6 Å². The van der Waals surface area contributed by atoms with Crippen molar-refractivity contribution in [2.24, 2.45) is 11.8 Å². The Kier molecular flexibility index (Phi) is 3.22. The molecule has 0 radical (unpaired) electrons. The van der Waals surface area contributed by atoms with Gasteiger partial charge >= 0.3 is 5.97 Å². The molecule has 1 amide bonds. The van der Waals surface area contributed by atoms with Crippen LogP contribution in [0.3, 0.4) is 0 Å². The standard InChI is InChI=1S/C18H19NO5/c1-10(11-3-5-12(23-2)6-4-11)19-9-18-8-7-13(24-18)14(17(21)22)15(18)16(19)20/h3-8,10,13-15H,9H2,1-2H3,(H,21,22)/t10-,13+,14-,15-,18+/m1/s1. The predicted molar refractivity (Wildman–Crippen MR) is 84.5 cm³/mol. The molecule has 6 heteroatoms. The minimum Gasteiger partial charge on any atom is -0.497 e. The number of carboxylic acid groups (broad SMARTS) is 1. The first-order valence-electron chi connectivity index (χ1n) is 8.01. The quantitative estimate of drug-likeness (QED) is 0.850. The summed E-state index contributed by atoms with van der Waals surface area (Å²) in [6, 6.07) is 7.39. The number of aliphatic carboxylic acids is 1. The van der Waals surface area contributed by atoms with Gasteiger partial charge in [0, 0.05) is 0 Å². The summed E-state index contributed by atoms with van der Waals surface area (Å²) in [5, 5.41) is 9.50. The molecule has 4 rings (SSSR count). The maximum absolute atomic E-state index is 12.9. The van der Waals surface area contributed by atoms with Crippen molar-refractivity contribution < 1.29 is 24.2 Å². The van der Waals surface area contributed by atoms with E-state index in [2.05, 4.69) is 0 Å². The zero-order valence-corrected chi connectivity index (χ0v) is 13.5. The van der Waals surface area contributed by atoms with Crippen molar-refractivity contribution in [2.75, 3.05) is 13.7 Å². The molecule has 3 heterocycles. The molecule has 3 aliphatic heterocycles. The van der Waals surface area contributed by atoms with E-state index in [0.717, 1.165) is 11.3 Å².